The molecule has 0 aromatic rings. The number of hydrogen-bond acceptors (Lipinski definition) is 5. The third-order valence-corrected chi connectivity index (χ3v) is 5.97. The fourth-order valence-corrected chi connectivity index (χ4v) is 4.34. The summed E-state index contributed by atoms with van der Waals surface area (Å²) in [7, 11) is -1.01. The van der Waals surface area contributed by atoms with E-state index in [2.05, 4.69) is 16.0 Å². The summed E-state index contributed by atoms with van der Waals surface area (Å²) in [6.45, 7) is 12.2. The summed E-state index contributed by atoms with van der Waals surface area (Å²) >= 11 is 0. The number of carbonyl (C=O) groups is 3. The van der Waals surface area contributed by atoms with Crippen molar-refractivity contribution in [3.05, 3.63) is 0 Å². The van der Waals surface area contributed by atoms with Crippen molar-refractivity contribution in [2.75, 3.05) is 13.2 Å². The fourth-order valence-electron chi connectivity index (χ4n) is 4.34. The van der Waals surface area contributed by atoms with Gasteiger partial charge in [0.2, 0.25) is 11.8 Å². The minimum Gasteiger partial charge on any atom is -0.426 e. The SMILES string of the molecule is CC(C)(C)NC(=O)N[C@H](C(=O)N1C[C@@H]2C[C@@H]2[C@H]1C(=O)N[C@H]1CCOB1O)C(C)(C)C. The van der Waals surface area contributed by atoms with Gasteiger partial charge in [0.15, 0.2) is 0 Å². The third kappa shape index (κ3) is 5.08. The first kappa shape index (κ1) is 22.9. The largest absolute Gasteiger partial charge is 0.478 e. The monoisotopic (exact) mass is 422 g/mol. The standard InChI is InChI=1S/C20H35BN4O5/c1-19(2,3)15(23-18(28)24-20(4,5)6)17(27)25-10-11-9-12(11)14(25)16(26)22-13-7-8-30-21(13)29/h11-15,29H,7-10H2,1-6H3,(H,22,26)(H2,23,24,28)/t11-,12-,13-,14-,15+/m0/s1. The molecule has 4 amide bonds. The lowest BCUT2D eigenvalue weighted by atomic mass is 9.80. The molecule has 2 aliphatic heterocycles. The molecule has 168 valence electrons. The maximum atomic E-state index is 13.5. The smallest absolute Gasteiger partial charge is 0.426 e. The van der Waals surface area contributed by atoms with Crippen LogP contribution in [-0.2, 0) is 14.2 Å². The van der Waals surface area contributed by atoms with Gasteiger partial charge < -0.3 is 30.5 Å². The minimum absolute atomic E-state index is 0.137. The lowest BCUT2D eigenvalue weighted by Crippen LogP contribution is -2.61. The van der Waals surface area contributed by atoms with Gasteiger partial charge >= 0.3 is 13.1 Å². The molecule has 3 rings (SSSR count). The number of nitrogens with one attached hydrogen (secondary N) is 3. The molecule has 30 heavy (non-hydrogen) atoms. The van der Waals surface area contributed by atoms with E-state index in [0.29, 0.717) is 25.5 Å². The molecule has 0 aromatic carbocycles. The first-order valence-corrected chi connectivity index (χ1v) is 10.8. The van der Waals surface area contributed by atoms with Gasteiger partial charge in [0, 0.05) is 18.7 Å². The summed E-state index contributed by atoms with van der Waals surface area (Å²) < 4.78 is 5.11. The van der Waals surface area contributed by atoms with Gasteiger partial charge in [-0.2, -0.15) is 0 Å². The van der Waals surface area contributed by atoms with Crippen LogP contribution in [-0.4, -0.2) is 71.6 Å². The van der Waals surface area contributed by atoms with Crippen LogP contribution in [0.2, 0.25) is 0 Å². The zero-order valence-corrected chi connectivity index (χ0v) is 18.8. The highest BCUT2D eigenvalue weighted by atomic mass is 16.5. The van der Waals surface area contributed by atoms with E-state index in [1.807, 2.05) is 41.5 Å². The van der Waals surface area contributed by atoms with Crippen LogP contribution in [0, 0.1) is 17.3 Å². The van der Waals surface area contributed by atoms with E-state index in [1.54, 1.807) is 4.90 Å². The molecule has 3 fully saturated rings. The predicted octanol–water partition coefficient (Wildman–Crippen LogP) is 0.271. The fraction of sp³-hybridized carbons (Fsp3) is 0.850. The van der Waals surface area contributed by atoms with E-state index in [1.165, 1.54) is 0 Å². The Bertz CT molecular complexity index is 704. The van der Waals surface area contributed by atoms with Crippen molar-refractivity contribution >= 4 is 25.0 Å². The van der Waals surface area contributed by atoms with Gasteiger partial charge in [0.1, 0.15) is 12.1 Å². The molecule has 0 radical (unpaired) electrons. The number of rotatable bonds is 4. The second kappa shape index (κ2) is 8.03. The highest BCUT2D eigenvalue weighted by Gasteiger charge is 2.58. The first-order valence-electron chi connectivity index (χ1n) is 10.8. The van der Waals surface area contributed by atoms with Gasteiger partial charge in [-0.25, -0.2) is 4.79 Å². The van der Waals surface area contributed by atoms with Gasteiger partial charge in [-0.15, -0.1) is 0 Å². The number of likely N-dealkylation sites (tertiary alicyclic amines) is 1. The highest BCUT2D eigenvalue weighted by molar-refractivity contribution is 6.46. The average molecular weight is 422 g/mol. The van der Waals surface area contributed by atoms with Crippen molar-refractivity contribution in [3.63, 3.8) is 0 Å². The van der Waals surface area contributed by atoms with Crippen LogP contribution < -0.4 is 16.0 Å². The molecular formula is C20H35BN4O5. The van der Waals surface area contributed by atoms with E-state index in [4.69, 9.17) is 4.65 Å². The van der Waals surface area contributed by atoms with Gasteiger partial charge in [-0.05, 0) is 50.9 Å². The van der Waals surface area contributed by atoms with Crippen molar-refractivity contribution in [3.8, 4) is 0 Å². The Morgan fingerprint density at radius 3 is 2.37 bits per heavy atom. The molecule has 3 aliphatic rings. The Morgan fingerprint density at radius 2 is 1.83 bits per heavy atom. The maximum Gasteiger partial charge on any atom is 0.478 e. The highest BCUT2D eigenvalue weighted by Crippen LogP contribution is 2.50. The van der Waals surface area contributed by atoms with Gasteiger partial charge in [0.05, 0.1) is 5.94 Å². The summed E-state index contributed by atoms with van der Waals surface area (Å²) in [6, 6.07) is -1.76. The number of fused-ring (bicyclic) bond motifs is 1. The summed E-state index contributed by atoms with van der Waals surface area (Å²) in [5.41, 5.74) is -0.965. The lowest BCUT2D eigenvalue weighted by molar-refractivity contribution is -0.143. The molecule has 1 aliphatic carbocycles. The zero-order chi connectivity index (χ0) is 22.4. The lowest BCUT2D eigenvalue weighted by Gasteiger charge is -2.37. The van der Waals surface area contributed by atoms with Crippen LogP contribution in [0.25, 0.3) is 0 Å². The molecule has 0 spiro atoms. The molecule has 10 heteroatoms. The summed E-state index contributed by atoms with van der Waals surface area (Å²) in [6.07, 6.45) is 1.46. The summed E-state index contributed by atoms with van der Waals surface area (Å²) in [4.78, 5) is 40.6. The number of carbonyl (C=O) groups excluding carboxylic acids is 3. The molecular weight excluding hydrogens is 387 g/mol. The molecule has 0 bridgehead atoms. The summed E-state index contributed by atoms with van der Waals surface area (Å²) in [5, 5.41) is 18.4. The Hall–Kier alpha value is -1.81. The molecule has 5 atom stereocenters. The molecule has 0 unspecified atom stereocenters. The van der Waals surface area contributed by atoms with Gasteiger partial charge in [-0.3, -0.25) is 9.59 Å². The van der Waals surface area contributed by atoms with E-state index in [9.17, 15) is 19.4 Å². The van der Waals surface area contributed by atoms with Crippen molar-refractivity contribution < 1.29 is 24.1 Å². The number of urea groups is 1. The normalized spacial score (nSPS) is 29.3. The Morgan fingerprint density at radius 1 is 1.17 bits per heavy atom. The van der Waals surface area contributed by atoms with Crippen LogP contribution >= 0.6 is 0 Å². The third-order valence-electron chi connectivity index (χ3n) is 5.97. The van der Waals surface area contributed by atoms with Crippen molar-refractivity contribution in [2.45, 2.75) is 77.9 Å². The van der Waals surface area contributed by atoms with Crippen molar-refractivity contribution in [1.29, 1.82) is 0 Å². The second-order valence-corrected chi connectivity index (χ2v) is 10.9. The number of nitrogens with zero attached hydrogens (tertiary/aromatic N) is 1. The summed E-state index contributed by atoms with van der Waals surface area (Å²) in [5.74, 6) is -0.505. The zero-order valence-electron chi connectivity index (χ0n) is 18.8. The first-order chi connectivity index (χ1) is 13.8. The van der Waals surface area contributed by atoms with Gasteiger partial charge in [0.25, 0.3) is 0 Å². The average Bonchev–Trinajstić information content (AvgIpc) is 3.06. The molecule has 4 N–H and O–H groups in total. The molecule has 0 aromatic heterocycles. The topological polar surface area (TPSA) is 120 Å². The van der Waals surface area contributed by atoms with Crippen molar-refractivity contribution in [1.82, 2.24) is 20.9 Å². The quantitative estimate of drug-likeness (QED) is 0.485. The molecule has 2 heterocycles. The van der Waals surface area contributed by atoms with Crippen LogP contribution in [0.15, 0.2) is 0 Å². The second-order valence-electron chi connectivity index (χ2n) is 10.9. The van der Waals surface area contributed by atoms with Gasteiger partial charge in [-0.1, -0.05) is 20.8 Å². The van der Waals surface area contributed by atoms with E-state index >= 15 is 0 Å². The van der Waals surface area contributed by atoms with E-state index in [-0.39, 0.29) is 17.7 Å². The predicted molar refractivity (Wildman–Crippen MR) is 112 cm³/mol. The Labute approximate surface area is 178 Å². The number of amides is 4. The molecule has 2 saturated heterocycles. The van der Waals surface area contributed by atoms with E-state index in [0.717, 1.165) is 6.42 Å². The number of hydrogen-bond donors (Lipinski definition) is 4. The Kier molecular flexibility index (Phi) is 6.12. The Balaban J connectivity index is 1.73. The van der Waals surface area contributed by atoms with E-state index < -0.39 is 42.1 Å². The number of piperidine rings is 1. The van der Waals surface area contributed by atoms with Crippen LogP contribution in [0.1, 0.15) is 54.4 Å². The van der Waals surface area contributed by atoms with Crippen LogP contribution in [0.5, 0.6) is 0 Å². The van der Waals surface area contributed by atoms with Crippen molar-refractivity contribution in [2.24, 2.45) is 17.3 Å². The van der Waals surface area contributed by atoms with Crippen LogP contribution in [0.3, 0.4) is 0 Å². The molecule has 1 saturated carbocycles. The maximum absolute atomic E-state index is 13.5. The van der Waals surface area contributed by atoms with Crippen LogP contribution in [0.4, 0.5) is 4.79 Å². The minimum atomic E-state index is -1.01. The molecule has 9 nitrogen and oxygen atoms in total.